The maximum atomic E-state index is 6.00. The van der Waals surface area contributed by atoms with E-state index < -0.39 is 0 Å². The Hall–Kier alpha value is -0.685. The highest BCUT2D eigenvalue weighted by atomic mass is 32.1. The molecular formula is C13H21BN2O2S. The van der Waals surface area contributed by atoms with Crippen molar-refractivity contribution in [1.82, 2.24) is 4.98 Å². The Balaban J connectivity index is 2.23. The van der Waals surface area contributed by atoms with Gasteiger partial charge in [-0.1, -0.05) is 0 Å². The molecule has 0 aliphatic carbocycles. The molecule has 4 nitrogen and oxygen atoms in total. The number of nitrogens with two attached hydrogens (primary N) is 1. The number of thiazole rings is 1. The summed E-state index contributed by atoms with van der Waals surface area (Å²) in [5.74, 6) is 0. The van der Waals surface area contributed by atoms with Crippen molar-refractivity contribution < 1.29 is 9.31 Å². The predicted octanol–water partition coefficient (Wildman–Crippen LogP) is 2.43. The summed E-state index contributed by atoms with van der Waals surface area (Å²) < 4.78 is 12.0. The standard InChI is InChI=1S/C13H21BN2O2S/c1-9-8-16-11(19-9)6-10(7-15)14-17-12(2,3)13(4,5)18-14/h6,8H,7,15H2,1-5H3. The van der Waals surface area contributed by atoms with Crippen LogP contribution >= 0.6 is 11.3 Å². The first kappa shape index (κ1) is 14.7. The molecule has 0 saturated carbocycles. The molecule has 1 aromatic heterocycles. The smallest absolute Gasteiger partial charge is 0.400 e. The zero-order valence-corrected chi connectivity index (χ0v) is 13.0. The van der Waals surface area contributed by atoms with Crippen LogP contribution in [0, 0.1) is 6.92 Å². The minimum atomic E-state index is -0.390. The van der Waals surface area contributed by atoms with Crippen LogP contribution in [0.15, 0.2) is 11.7 Å². The molecule has 6 heteroatoms. The Morgan fingerprint density at radius 2 is 1.95 bits per heavy atom. The van der Waals surface area contributed by atoms with Gasteiger partial charge in [0.25, 0.3) is 0 Å². The molecule has 2 heterocycles. The van der Waals surface area contributed by atoms with Crippen molar-refractivity contribution in [1.29, 1.82) is 0 Å². The topological polar surface area (TPSA) is 57.4 Å². The summed E-state index contributed by atoms with van der Waals surface area (Å²) in [6, 6.07) is 0. The number of hydrogen-bond donors (Lipinski definition) is 1. The molecule has 0 spiro atoms. The molecule has 19 heavy (non-hydrogen) atoms. The zero-order chi connectivity index (χ0) is 14.3. The van der Waals surface area contributed by atoms with E-state index in [0.29, 0.717) is 6.54 Å². The molecule has 0 radical (unpaired) electrons. The third-order valence-corrected chi connectivity index (χ3v) is 4.60. The zero-order valence-electron chi connectivity index (χ0n) is 12.2. The van der Waals surface area contributed by atoms with E-state index in [0.717, 1.165) is 10.5 Å². The van der Waals surface area contributed by atoms with Gasteiger partial charge in [-0.15, -0.1) is 11.3 Å². The van der Waals surface area contributed by atoms with Crippen molar-refractivity contribution in [3.05, 3.63) is 21.6 Å². The second-order valence-corrected chi connectivity index (χ2v) is 7.09. The Kier molecular flexibility index (Phi) is 3.88. The summed E-state index contributed by atoms with van der Waals surface area (Å²) in [5, 5.41) is 0.938. The van der Waals surface area contributed by atoms with Crippen molar-refractivity contribution >= 4 is 24.5 Å². The molecule has 0 amide bonds. The number of hydrogen-bond acceptors (Lipinski definition) is 5. The quantitative estimate of drug-likeness (QED) is 0.864. The third kappa shape index (κ3) is 2.92. The molecule has 104 valence electrons. The summed E-state index contributed by atoms with van der Waals surface area (Å²) in [6.07, 6.45) is 3.83. The fraction of sp³-hybridized carbons (Fsp3) is 0.615. The van der Waals surface area contributed by atoms with Crippen LogP contribution < -0.4 is 5.73 Å². The molecule has 1 saturated heterocycles. The van der Waals surface area contributed by atoms with E-state index in [2.05, 4.69) is 4.98 Å². The Morgan fingerprint density at radius 1 is 1.37 bits per heavy atom. The largest absolute Gasteiger partial charge is 0.491 e. The number of aryl methyl sites for hydroxylation is 1. The maximum absolute atomic E-state index is 6.00. The summed E-state index contributed by atoms with van der Waals surface area (Å²) in [7, 11) is -0.390. The average Bonchev–Trinajstić information content (AvgIpc) is 2.78. The number of nitrogens with zero attached hydrogens (tertiary/aromatic N) is 1. The van der Waals surface area contributed by atoms with Gasteiger partial charge in [-0.25, -0.2) is 4.98 Å². The lowest BCUT2D eigenvalue weighted by molar-refractivity contribution is 0.00578. The second-order valence-electron chi connectivity index (χ2n) is 5.82. The first-order chi connectivity index (χ1) is 8.75. The molecule has 0 atom stereocenters. The third-order valence-electron chi connectivity index (χ3n) is 3.74. The van der Waals surface area contributed by atoms with Crippen LogP contribution in [0.5, 0.6) is 0 Å². The van der Waals surface area contributed by atoms with E-state index in [1.807, 2.05) is 46.9 Å². The lowest BCUT2D eigenvalue weighted by Crippen LogP contribution is -2.41. The summed E-state index contributed by atoms with van der Waals surface area (Å²) in [4.78, 5) is 5.50. The van der Waals surface area contributed by atoms with E-state index in [9.17, 15) is 0 Å². The maximum Gasteiger partial charge on any atom is 0.491 e. The van der Waals surface area contributed by atoms with Crippen LogP contribution in [-0.2, 0) is 9.31 Å². The van der Waals surface area contributed by atoms with E-state index >= 15 is 0 Å². The monoisotopic (exact) mass is 280 g/mol. The highest BCUT2D eigenvalue weighted by molar-refractivity contribution is 7.12. The van der Waals surface area contributed by atoms with Crippen LogP contribution in [0.4, 0.5) is 0 Å². The molecule has 1 aliphatic heterocycles. The van der Waals surface area contributed by atoms with Crippen molar-refractivity contribution in [3.63, 3.8) is 0 Å². The van der Waals surface area contributed by atoms with Gasteiger partial charge < -0.3 is 15.0 Å². The molecule has 1 aromatic rings. The fourth-order valence-electron chi connectivity index (χ4n) is 1.82. The molecule has 0 unspecified atom stereocenters. The minimum Gasteiger partial charge on any atom is -0.400 e. The van der Waals surface area contributed by atoms with Gasteiger partial charge in [0.1, 0.15) is 5.01 Å². The highest BCUT2D eigenvalue weighted by Crippen LogP contribution is 2.38. The molecule has 0 bridgehead atoms. The lowest BCUT2D eigenvalue weighted by Gasteiger charge is -2.32. The normalized spacial score (nSPS) is 22.0. The van der Waals surface area contributed by atoms with Crippen LogP contribution in [0.2, 0.25) is 0 Å². The van der Waals surface area contributed by atoms with Crippen LogP contribution in [0.25, 0.3) is 6.08 Å². The van der Waals surface area contributed by atoms with Gasteiger partial charge in [0.15, 0.2) is 0 Å². The Bertz CT molecular complexity index is 481. The van der Waals surface area contributed by atoms with Crippen LogP contribution in [-0.4, -0.2) is 29.8 Å². The molecule has 0 aromatic carbocycles. The van der Waals surface area contributed by atoms with Crippen molar-refractivity contribution in [2.24, 2.45) is 5.73 Å². The predicted molar refractivity (Wildman–Crippen MR) is 80.0 cm³/mol. The van der Waals surface area contributed by atoms with Crippen LogP contribution in [0.3, 0.4) is 0 Å². The summed E-state index contributed by atoms with van der Waals surface area (Å²) >= 11 is 1.64. The van der Waals surface area contributed by atoms with Crippen LogP contribution in [0.1, 0.15) is 37.6 Å². The fourth-order valence-corrected chi connectivity index (χ4v) is 2.57. The van der Waals surface area contributed by atoms with Gasteiger partial charge in [-0.2, -0.15) is 0 Å². The van der Waals surface area contributed by atoms with E-state index in [1.54, 1.807) is 11.3 Å². The second kappa shape index (κ2) is 5.02. The van der Waals surface area contributed by atoms with Gasteiger partial charge in [-0.3, -0.25) is 0 Å². The van der Waals surface area contributed by atoms with Crippen molar-refractivity contribution in [2.75, 3.05) is 6.54 Å². The Labute approximate surface area is 119 Å². The first-order valence-electron chi connectivity index (χ1n) is 6.44. The van der Waals surface area contributed by atoms with Gasteiger partial charge in [-0.05, 0) is 46.2 Å². The SMILES string of the molecule is Cc1cnc(C=C(CN)B2OC(C)(C)C(C)(C)O2)s1. The van der Waals surface area contributed by atoms with Crippen molar-refractivity contribution in [2.45, 2.75) is 45.8 Å². The number of rotatable bonds is 3. The molecule has 2 N–H and O–H groups in total. The van der Waals surface area contributed by atoms with Crippen molar-refractivity contribution in [3.8, 4) is 0 Å². The van der Waals surface area contributed by atoms with Gasteiger partial charge in [0.2, 0.25) is 0 Å². The summed E-state index contributed by atoms with van der Waals surface area (Å²) in [6.45, 7) is 10.6. The Morgan fingerprint density at radius 3 is 2.37 bits per heavy atom. The van der Waals surface area contributed by atoms with Gasteiger partial charge >= 0.3 is 7.12 Å². The number of aromatic nitrogens is 1. The molecule has 1 fully saturated rings. The molecule has 2 rings (SSSR count). The first-order valence-corrected chi connectivity index (χ1v) is 7.25. The molecule has 1 aliphatic rings. The lowest BCUT2D eigenvalue weighted by atomic mass is 9.78. The summed E-state index contributed by atoms with van der Waals surface area (Å²) in [5.41, 5.74) is 6.07. The van der Waals surface area contributed by atoms with E-state index in [4.69, 9.17) is 15.0 Å². The average molecular weight is 280 g/mol. The minimum absolute atomic E-state index is 0.343. The highest BCUT2D eigenvalue weighted by Gasteiger charge is 2.52. The van der Waals surface area contributed by atoms with E-state index in [1.165, 1.54) is 4.88 Å². The van der Waals surface area contributed by atoms with E-state index in [-0.39, 0.29) is 18.3 Å². The van der Waals surface area contributed by atoms with Gasteiger partial charge in [0.05, 0.1) is 11.2 Å². The van der Waals surface area contributed by atoms with Gasteiger partial charge in [0, 0.05) is 17.6 Å². The molecular weight excluding hydrogens is 259 g/mol.